The summed E-state index contributed by atoms with van der Waals surface area (Å²) in [7, 11) is 0. The van der Waals surface area contributed by atoms with Crippen molar-refractivity contribution in [2.24, 2.45) is 5.73 Å². The lowest BCUT2D eigenvalue weighted by molar-refractivity contribution is -0.132. The smallest absolute Gasteiger partial charge is 0.240 e. The Morgan fingerprint density at radius 3 is 3.05 bits per heavy atom. The first-order valence-corrected chi connectivity index (χ1v) is 7.29. The molecule has 1 atom stereocenters. The van der Waals surface area contributed by atoms with Crippen LogP contribution in [0.3, 0.4) is 0 Å². The van der Waals surface area contributed by atoms with Gasteiger partial charge in [-0.1, -0.05) is 12.7 Å². The normalized spacial score (nSPS) is 20.2. The van der Waals surface area contributed by atoms with E-state index in [2.05, 4.69) is 6.58 Å². The molecule has 1 saturated heterocycles. The van der Waals surface area contributed by atoms with Crippen molar-refractivity contribution in [3.05, 3.63) is 41.7 Å². The Balaban J connectivity index is 2.17. The van der Waals surface area contributed by atoms with E-state index in [0.717, 1.165) is 16.9 Å². The predicted octanol–water partition coefficient (Wildman–Crippen LogP) is 1.87. The number of carbonyl (C=O) groups excluding carboxylic acids is 1. The van der Waals surface area contributed by atoms with Gasteiger partial charge in [0.25, 0.3) is 0 Å². The van der Waals surface area contributed by atoms with E-state index in [1.54, 1.807) is 22.7 Å². The van der Waals surface area contributed by atoms with Crippen molar-refractivity contribution in [2.75, 3.05) is 18.1 Å². The van der Waals surface area contributed by atoms with Crippen LogP contribution in [0.5, 0.6) is 0 Å². The Bertz CT molecular complexity index is 492. The number of carbonyl (C=O) groups is 1. The van der Waals surface area contributed by atoms with Crippen molar-refractivity contribution in [3.8, 4) is 0 Å². The number of hydrogen-bond donors (Lipinski definition) is 1. The number of nitrogens with two attached hydrogens (primary N) is 1. The molecule has 1 aliphatic heterocycles. The molecule has 3 nitrogen and oxygen atoms in total. The van der Waals surface area contributed by atoms with E-state index in [1.807, 2.05) is 6.07 Å². The van der Waals surface area contributed by atoms with Gasteiger partial charge in [0, 0.05) is 24.6 Å². The Labute approximate surface area is 116 Å². The van der Waals surface area contributed by atoms with Crippen LogP contribution in [0.25, 0.3) is 6.08 Å². The topological polar surface area (TPSA) is 46.3 Å². The van der Waals surface area contributed by atoms with Crippen LogP contribution in [-0.2, 0) is 11.3 Å². The van der Waals surface area contributed by atoms with Crippen molar-refractivity contribution >= 4 is 23.7 Å². The largest absolute Gasteiger partial charge is 0.336 e. The van der Waals surface area contributed by atoms with Crippen LogP contribution in [0, 0.1) is 5.82 Å². The molecule has 1 amide bonds. The molecule has 0 radical (unpaired) electrons. The zero-order valence-electron chi connectivity index (χ0n) is 10.6. The second-order valence-corrected chi connectivity index (χ2v) is 5.69. The summed E-state index contributed by atoms with van der Waals surface area (Å²) in [6.07, 6.45) is 1.60. The maximum absolute atomic E-state index is 13.4. The van der Waals surface area contributed by atoms with E-state index in [-0.39, 0.29) is 11.7 Å². The molecule has 2 N–H and O–H groups in total. The third-order valence-corrected chi connectivity index (χ3v) is 4.09. The van der Waals surface area contributed by atoms with Crippen molar-refractivity contribution in [2.45, 2.75) is 12.6 Å². The number of amides is 1. The number of halogens is 1. The Morgan fingerprint density at radius 2 is 2.32 bits per heavy atom. The summed E-state index contributed by atoms with van der Waals surface area (Å²) in [5.74, 6) is 1.14. The van der Waals surface area contributed by atoms with Crippen LogP contribution in [0.2, 0.25) is 0 Å². The third-order valence-electron chi connectivity index (χ3n) is 3.02. The molecule has 1 aromatic rings. The minimum Gasteiger partial charge on any atom is -0.336 e. The molecule has 5 heteroatoms. The van der Waals surface area contributed by atoms with Gasteiger partial charge in [0.1, 0.15) is 5.82 Å². The zero-order chi connectivity index (χ0) is 13.8. The highest BCUT2D eigenvalue weighted by Gasteiger charge is 2.24. The Hall–Kier alpha value is -1.33. The van der Waals surface area contributed by atoms with Gasteiger partial charge in [0.15, 0.2) is 0 Å². The van der Waals surface area contributed by atoms with Gasteiger partial charge in [-0.25, -0.2) is 4.39 Å². The molecule has 2 rings (SSSR count). The first-order chi connectivity index (χ1) is 9.10. The molecule has 0 spiro atoms. The van der Waals surface area contributed by atoms with E-state index in [4.69, 9.17) is 5.73 Å². The summed E-state index contributed by atoms with van der Waals surface area (Å²) in [5, 5.41) is 0. The van der Waals surface area contributed by atoms with E-state index in [1.165, 1.54) is 12.1 Å². The molecule has 0 aromatic heterocycles. The number of rotatable bonds is 3. The van der Waals surface area contributed by atoms with Crippen LogP contribution < -0.4 is 5.73 Å². The van der Waals surface area contributed by atoms with Crippen LogP contribution in [0.15, 0.2) is 24.8 Å². The second-order valence-electron chi connectivity index (χ2n) is 4.54. The first-order valence-electron chi connectivity index (χ1n) is 6.14. The van der Waals surface area contributed by atoms with Crippen LogP contribution in [-0.4, -0.2) is 34.9 Å². The summed E-state index contributed by atoms with van der Waals surface area (Å²) in [6.45, 7) is 4.68. The highest BCUT2D eigenvalue weighted by Crippen LogP contribution is 2.16. The second kappa shape index (κ2) is 6.21. The van der Waals surface area contributed by atoms with Gasteiger partial charge in [-0.3, -0.25) is 4.79 Å². The zero-order valence-corrected chi connectivity index (χ0v) is 11.5. The lowest BCUT2D eigenvalue weighted by Gasteiger charge is -2.22. The molecule has 102 valence electrons. The predicted molar refractivity (Wildman–Crippen MR) is 77.2 cm³/mol. The molecule has 1 unspecified atom stereocenters. The Morgan fingerprint density at radius 1 is 1.53 bits per heavy atom. The van der Waals surface area contributed by atoms with Crippen molar-refractivity contribution in [1.82, 2.24) is 4.90 Å². The van der Waals surface area contributed by atoms with Gasteiger partial charge in [0.2, 0.25) is 5.91 Å². The number of nitrogens with zero attached hydrogens (tertiary/aromatic N) is 1. The maximum atomic E-state index is 13.4. The summed E-state index contributed by atoms with van der Waals surface area (Å²) in [4.78, 5) is 13.8. The van der Waals surface area contributed by atoms with Crippen LogP contribution >= 0.6 is 11.8 Å². The summed E-state index contributed by atoms with van der Waals surface area (Å²) in [5.41, 5.74) is 7.29. The van der Waals surface area contributed by atoms with Gasteiger partial charge >= 0.3 is 0 Å². The van der Waals surface area contributed by atoms with Crippen LogP contribution in [0.4, 0.5) is 4.39 Å². The molecule has 19 heavy (non-hydrogen) atoms. The fraction of sp³-hybridized carbons (Fsp3) is 0.357. The van der Waals surface area contributed by atoms with Crippen molar-refractivity contribution < 1.29 is 9.18 Å². The van der Waals surface area contributed by atoms with Gasteiger partial charge in [-0.2, -0.15) is 11.8 Å². The standard InChI is InChI=1S/C14H17FN2OS/c1-2-10-5-11(7-12(15)6-10)8-17-3-4-19-9-13(16)14(17)18/h2,5-7,13H,1,3-4,8-9,16H2. The molecule has 1 heterocycles. The minimum absolute atomic E-state index is 0.0607. The molecule has 0 saturated carbocycles. The number of hydrogen-bond acceptors (Lipinski definition) is 3. The maximum Gasteiger partial charge on any atom is 0.240 e. The minimum atomic E-state index is -0.458. The molecular formula is C14H17FN2OS. The van der Waals surface area contributed by atoms with E-state index in [9.17, 15) is 9.18 Å². The molecule has 0 aliphatic carbocycles. The monoisotopic (exact) mass is 280 g/mol. The van der Waals surface area contributed by atoms with Gasteiger partial charge in [-0.15, -0.1) is 0 Å². The third kappa shape index (κ3) is 3.58. The van der Waals surface area contributed by atoms with Crippen molar-refractivity contribution in [3.63, 3.8) is 0 Å². The van der Waals surface area contributed by atoms with Gasteiger partial charge in [0.05, 0.1) is 6.04 Å². The molecule has 1 fully saturated rings. The number of benzene rings is 1. The average molecular weight is 280 g/mol. The van der Waals surface area contributed by atoms with E-state index in [0.29, 0.717) is 18.8 Å². The molecule has 1 aliphatic rings. The molecule has 1 aromatic carbocycles. The lowest BCUT2D eigenvalue weighted by atomic mass is 10.1. The highest BCUT2D eigenvalue weighted by atomic mass is 32.2. The quantitative estimate of drug-likeness (QED) is 0.919. The fourth-order valence-corrected chi connectivity index (χ4v) is 2.98. The van der Waals surface area contributed by atoms with Crippen LogP contribution in [0.1, 0.15) is 11.1 Å². The fourth-order valence-electron chi connectivity index (χ4n) is 2.06. The Kier molecular flexibility index (Phi) is 4.61. The highest BCUT2D eigenvalue weighted by molar-refractivity contribution is 7.99. The van der Waals surface area contributed by atoms with E-state index < -0.39 is 6.04 Å². The number of thioether (sulfide) groups is 1. The first kappa shape index (κ1) is 14.1. The van der Waals surface area contributed by atoms with Gasteiger partial charge in [-0.05, 0) is 29.3 Å². The summed E-state index contributed by atoms with van der Waals surface area (Å²) in [6, 6.07) is 4.25. The lowest BCUT2D eigenvalue weighted by Crippen LogP contribution is -2.43. The average Bonchev–Trinajstić information content (AvgIpc) is 2.54. The summed E-state index contributed by atoms with van der Waals surface area (Å²) >= 11 is 1.67. The molecular weight excluding hydrogens is 263 g/mol. The molecule has 0 bridgehead atoms. The van der Waals surface area contributed by atoms with E-state index >= 15 is 0 Å². The van der Waals surface area contributed by atoms with Crippen molar-refractivity contribution in [1.29, 1.82) is 0 Å². The summed E-state index contributed by atoms with van der Waals surface area (Å²) < 4.78 is 13.4. The SMILES string of the molecule is C=Cc1cc(F)cc(CN2CCSCC(N)C2=O)c1. The van der Waals surface area contributed by atoms with Gasteiger partial charge < -0.3 is 10.6 Å².